The lowest BCUT2D eigenvalue weighted by Crippen LogP contribution is -2.33. The van der Waals surface area contributed by atoms with Crippen molar-refractivity contribution in [3.8, 4) is 0 Å². The summed E-state index contributed by atoms with van der Waals surface area (Å²) in [4.78, 5) is 30.1. The van der Waals surface area contributed by atoms with E-state index in [4.69, 9.17) is 11.6 Å². The first-order valence-electron chi connectivity index (χ1n) is 10.3. The van der Waals surface area contributed by atoms with E-state index >= 15 is 0 Å². The summed E-state index contributed by atoms with van der Waals surface area (Å²) in [5, 5.41) is 6.32. The molecule has 160 valence electrons. The molecule has 1 amide bonds. The summed E-state index contributed by atoms with van der Waals surface area (Å²) in [6.45, 7) is 0. The monoisotopic (exact) mass is 461 g/mol. The minimum Gasteiger partial charge on any atom is -0.312 e. The number of nitrogens with zero attached hydrogens (tertiary/aromatic N) is 2. The van der Waals surface area contributed by atoms with Crippen molar-refractivity contribution in [2.24, 2.45) is 7.05 Å². The third-order valence-electron chi connectivity index (χ3n) is 5.73. The first-order valence-corrected chi connectivity index (χ1v) is 11.6. The lowest BCUT2D eigenvalue weighted by molar-refractivity contribution is -0.116. The summed E-state index contributed by atoms with van der Waals surface area (Å²) in [5.74, 6) is 0.694. The Morgan fingerprint density at radius 2 is 1.88 bits per heavy atom. The molecule has 0 aliphatic carbocycles. The second kappa shape index (κ2) is 8.45. The predicted molar refractivity (Wildman–Crippen MR) is 130 cm³/mol. The summed E-state index contributed by atoms with van der Waals surface area (Å²) in [6.07, 6.45) is 0.220. The number of carbonyl (C=O) groups excluding carboxylic acids is 1. The largest absolute Gasteiger partial charge is 0.312 e. The molecule has 0 bridgehead atoms. The number of amides is 1. The summed E-state index contributed by atoms with van der Waals surface area (Å²) in [6, 6.07) is 21.7. The van der Waals surface area contributed by atoms with Crippen molar-refractivity contribution in [1.82, 2.24) is 9.55 Å². The highest BCUT2D eigenvalue weighted by Gasteiger charge is 2.32. The third-order valence-corrected chi connectivity index (χ3v) is 7.07. The quantitative estimate of drug-likeness (QED) is 0.328. The zero-order valence-corrected chi connectivity index (χ0v) is 18.9. The van der Waals surface area contributed by atoms with Gasteiger partial charge in [-0.2, -0.15) is 4.98 Å². The molecule has 0 radical (unpaired) electrons. The van der Waals surface area contributed by atoms with Gasteiger partial charge in [-0.25, -0.2) is 0 Å². The van der Waals surface area contributed by atoms with Gasteiger partial charge in [-0.1, -0.05) is 78.0 Å². The fourth-order valence-corrected chi connectivity index (χ4v) is 5.27. The lowest BCUT2D eigenvalue weighted by atomic mass is 9.86. The molecular weight excluding hydrogens is 442 g/mol. The number of thioether (sulfide) groups is 1. The number of nitrogens with one attached hydrogen (secondary N) is 1. The van der Waals surface area contributed by atoms with Crippen LogP contribution in [0.2, 0.25) is 5.02 Å². The van der Waals surface area contributed by atoms with Crippen molar-refractivity contribution in [2.75, 3.05) is 5.32 Å². The smallest absolute Gasteiger partial charge is 0.279 e. The number of halogens is 1. The van der Waals surface area contributed by atoms with E-state index in [0.29, 0.717) is 27.3 Å². The van der Waals surface area contributed by atoms with Crippen LogP contribution in [0, 0.1) is 0 Å². The van der Waals surface area contributed by atoms with Gasteiger partial charge in [-0.05, 0) is 34.0 Å². The molecule has 2 heterocycles. The average Bonchev–Trinajstić information content (AvgIpc) is 2.79. The number of anilines is 1. The van der Waals surface area contributed by atoms with Crippen LogP contribution in [-0.2, 0) is 17.6 Å². The second-order valence-electron chi connectivity index (χ2n) is 7.85. The van der Waals surface area contributed by atoms with Crippen molar-refractivity contribution >= 4 is 45.9 Å². The Hall–Kier alpha value is -3.09. The Morgan fingerprint density at radius 1 is 1.06 bits per heavy atom. The first-order chi connectivity index (χ1) is 15.5. The maximum atomic E-state index is 13.1. The van der Waals surface area contributed by atoms with Gasteiger partial charge in [-0.15, -0.1) is 0 Å². The number of rotatable bonds is 4. The molecule has 7 heteroatoms. The Balaban J connectivity index is 1.54. The molecule has 3 aromatic carbocycles. The van der Waals surface area contributed by atoms with Crippen LogP contribution >= 0.6 is 23.4 Å². The van der Waals surface area contributed by atoms with Crippen LogP contribution in [0.25, 0.3) is 10.8 Å². The summed E-state index contributed by atoms with van der Waals surface area (Å²) in [5.41, 5.74) is 2.21. The van der Waals surface area contributed by atoms with E-state index in [0.717, 1.165) is 21.9 Å². The molecule has 5 rings (SSSR count). The van der Waals surface area contributed by atoms with Crippen molar-refractivity contribution in [3.63, 3.8) is 0 Å². The van der Waals surface area contributed by atoms with Gasteiger partial charge >= 0.3 is 0 Å². The number of fused-ring (bicyclic) bond motifs is 2. The van der Waals surface area contributed by atoms with Crippen LogP contribution in [0.3, 0.4) is 0 Å². The Morgan fingerprint density at radius 3 is 2.69 bits per heavy atom. The Labute approximate surface area is 194 Å². The molecule has 0 saturated heterocycles. The van der Waals surface area contributed by atoms with Gasteiger partial charge in [0.1, 0.15) is 5.82 Å². The fraction of sp³-hybridized carbons (Fsp3) is 0.160. The van der Waals surface area contributed by atoms with Gasteiger partial charge in [0, 0.05) is 30.2 Å². The number of carbonyl (C=O) groups is 1. The molecule has 0 fully saturated rings. The molecule has 1 aliphatic rings. The second-order valence-corrected chi connectivity index (χ2v) is 9.23. The highest BCUT2D eigenvalue weighted by atomic mass is 35.5. The minimum absolute atomic E-state index is 0.109. The lowest BCUT2D eigenvalue weighted by Gasteiger charge is -2.27. The molecule has 1 aliphatic heterocycles. The standard InChI is InChI=1S/C25H20ClN3O2S/c1-29-23-22(24(31)28-25(29)32-14-15-5-4-8-19(26)11-15)20(13-21(30)27-23)18-10-9-16-6-2-3-7-17(16)12-18/h2-12,20H,13-14H2,1H3,(H,27,30). The topological polar surface area (TPSA) is 64.0 Å². The Kier molecular flexibility index (Phi) is 5.49. The van der Waals surface area contributed by atoms with Crippen LogP contribution in [0.1, 0.15) is 29.0 Å². The molecule has 5 nitrogen and oxygen atoms in total. The molecular formula is C25H20ClN3O2S. The van der Waals surface area contributed by atoms with E-state index in [-0.39, 0.29) is 23.8 Å². The molecule has 1 atom stereocenters. The van der Waals surface area contributed by atoms with Crippen LogP contribution in [0.4, 0.5) is 5.82 Å². The van der Waals surface area contributed by atoms with E-state index in [1.807, 2.05) is 67.7 Å². The van der Waals surface area contributed by atoms with Crippen LogP contribution in [0.15, 0.2) is 76.7 Å². The van der Waals surface area contributed by atoms with Crippen molar-refractivity contribution in [1.29, 1.82) is 0 Å². The number of hydrogen-bond donors (Lipinski definition) is 1. The first kappa shape index (κ1) is 20.8. The third kappa shape index (κ3) is 3.92. The van der Waals surface area contributed by atoms with Gasteiger partial charge < -0.3 is 9.88 Å². The van der Waals surface area contributed by atoms with Crippen LogP contribution in [-0.4, -0.2) is 15.5 Å². The molecule has 32 heavy (non-hydrogen) atoms. The minimum atomic E-state index is -0.332. The molecule has 0 saturated carbocycles. The van der Waals surface area contributed by atoms with E-state index in [1.165, 1.54) is 11.8 Å². The van der Waals surface area contributed by atoms with Gasteiger partial charge in [0.05, 0.1) is 5.56 Å². The maximum Gasteiger partial charge on any atom is 0.279 e. The summed E-state index contributed by atoms with van der Waals surface area (Å²) in [7, 11) is 1.83. The number of aromatic nitrogens is 2. The van der Waals surface area contributed by atoms with E-state index in [9.17, 15) is 9.59 Å². The van der Waals surface area contributed by atoms with Gasteiger partial charge in [0.2, 0.25) is 5.91 Å². The molecule has 1 N–H and O–H groups in total. The van der Waals surface area contributed by atoms with Crippen molar-refractivity contribution in [3.05, 3.63) is 98.8 Å². The highest BCUT2D eigenvalue weighted by molar-refractivity contribution is 7.98. The van der Waals surface area contributed by atoms with E-state index in [1.54, 1.807) is 4.57 Å². The fourth-order valence-electron chi connectivity index (χ4n) is 4.15. The zero-order chi connectivity index (χ0) is 22.2. The van der Waals surface area contributed by atoms with Gasteiger partial charge in [0.25, 0.3) is 5.56 Å². The average molecular weight is 462 g/mol. The Bertz CT molecular complexity index is 1420. The molecule has 0 spiro atoms. The van der Waals surface area contributed by atoms with Crippen molar-refractivity contribution in [2.45, 2.75) is 23.2 Å². The molecule has 1 aromatic heterocycles. The van der Waals surface area contributed by atoms with E-state index in [2.05, 4.69) is 16.4 Å². The van der Waals surface area contributed by atoms with E-state index < -0.39 is 0 Å². The predicted octanol–water partition coefficient (Wildman–Crippen LogP) is 5.35. The normalized spacial score (nSPS) is 15.4. The maximum absolute atomic E-state index is 13.1. The molecule has 1 unspecified atom stereocenters. The highest BCUT2D eigenvalue weighted by Crippen LogP contribution is 2.37. The number of benzene rings is 3. The van der Waals surface area contributed by atoms with Gasteiger partial charge in [-0.3, -0.25) is 9.59 Å². The van der Waals surface area contributed by atoms with Crippen LogP contribution in [0.5, 0.6) is 0 Å². The summed E-state index contributed by atoms with van der Waals surface area (Å²) < 4.78 is 1.80. The zero-order valence-electron chi connectivity index (χ0n) is 17.3. The SMILES string of the molecule is Cn1c(SCc2cccc(Cl)c2)nc(=O)c2c1NC(=O)CC2c1ccc2ccccc2c1. The number of hydrogen-bond acceptors (Lipinski definition) is 4. The van der Waals surface area contributed by atoms with Crippen LogP contribution < -0.4 is 10.9 Å². The van der Waals surface area contributed by atoms with Crippen molar-refractivity contribution < 1.29 is 4.79 Å². The van der Waals surface area contributed by atoms with Gasteiger partial charge in [0.15, 0.2) is 5.16 Å². The summed E-state index contributed by atoms with van der Waals surface area (Å²) >= 11 is 7.51. The molecule has 4 aromatic rings.